The lowest BCUT2D eigenvalue weighted by molar-refractivity contribution is 0.186. The number of likely N-dealkylation sites (N-methyl/N-ethyl adjacent to an activating group) is 1. The van der Waals surface area contributed by atoms with E-state index in [-0.39, 0.29) is 12.1 Å². The molecule has 0 saturated carbocycles. The highest BCUT2D eigenvalue weighted by Crippen LogP contribution is 2.21. The highest BCUT2D eigenvalue weighted by Gasteiger charge is 2.23. The number of rotatable bonds is 4. The lowest BCUT2D eigenvalue weighted by atomic mass is 10.1. The zero-order valence-electron chi connectivity index (χ0n) is 14.3. The third kappa shape index (κ3) is 3.73. The fraction of sp³-hybridized carbons (Fsp3) is 0.471. The van der Waals surface area contributed by atoms with Crippen LogP contribution < -0.4 is 5.32 Å². The van der Waals surface area contributed by atoms with Crippen molar-refractivity contribution in [2.24, 2.45) is 0 Å². The Labute approximate surface area is 146 Å². The monoisotopic (exact) mass is 345 g/mol. The molecular weight excluding hydrogens is 322 g/mol. The van der Waals surface area contributed by atoms with Crippen LogP contribution >= 0.6 is 11.3 Å². The van der Waals surface area contributed by atoms with Gasteiger partial charge in [-0.1, -0.05) is 0 Å². The van der Waals surface area contributed by atoms with Crippen molar-refractivity contribution in [2.75, 3.05) is 27.2 Å². The number of thiophene rings is 1. The summed E-state index contributed by atoms with van der Waals surface area (Å²) in [5, 5.41) is 7.27. The van der Waals surface area contributed by atoms with Gasteiger partial charge in [-0.3, -0.25) is 0 Å². The molecule has 6 nitrogen and oxygen atoms in total. The van der Waals surface area contributed by atoms with E-state index in [0.29, 0.717) is 19.6 Å². The van der Waals surface area contributed by atoms with Crippen molar-refractivity contribution >= 4 is 17.4 Å². The maximum Gasteiger partial charge on any atom is 0.317 e. The van der Waals surface area contributed by atoms with Gasteiger partial charge in [-0.15, -0.1) is 0 Å². The number of hydrogen-bond acceptors (Lipinski definition) is 5. The largest absolute Gasteiger partial charge is 0.336 e. The minimum Gasteiger partial charge on any atom is -0.336 e. The van der Waals surface area contributed by atoms with Crippen molar-refractivity contribution in [2.45, 2.75) is 25.9 Å². The average molecular weight is 345 g/mol. The van der Waals surface area contributed by atoms with Crippen LogP contribution in [-0.4, -0.2) is 53.0 Å². The quantitative estimate of drug-likeness (QED) is 0.923. The molecule has 2 aromatic rings. The van der Waals surface area contributed by atoms with Crippen molar-refractivity contribution in [3.63, 3.8) is 0 Å². The van der Waals surface area contributed by atoms with Gasteiger partial charge in [0.2, 0.25) is 0 Å². The number of nitrogens with one attached hydrogen (secondary N) is 1. The molecule has 0 spiro atoms. The maximum atomic E-state index is 12.5. The van der Waals surface area contributed by atoms with Gasteiger partial charge in [0.25, 0.3) is 0 Å². The summed E-state index contributed by atoms with van der Waals surface area (Å²) in [5.74, 6) is 0.788. The normalized spacial score (nSPS) is 15.2. The molecule has 0 fully saturated rings. The summed E-state index contributed by atoms with van der Waals surface area (Å²) in [6.45, 7) is 3.76. The van der Waals surface area contributed by atoms with Crippen LogP contribution in [0.15, 0.2) is 23.0 Å². The molecule has 0 radical (unpaired) electrons. The van der Waals surface area contributed by atoms with Gasteiger partial charge >= 0.3 is 6.03 Å². The van der Waals surface area contributed by atoms with Gasteiger partial charge in [0.15, 0.2) is 0 Å². The van der Waals surface area contributed by atoms with E-state index in [1.54, 1.807) is 11.3 Å². The molecule has 0 bridgehead atoms. The topological polar surface area (TPSA) is 61.4 Å². The van der Waals surface area contributed by atoms with Crippen LogP contribution in [0.5, 0.6) is 0 Å². The number of hydrogen-bond donors (Lipinski definition) is 1. The van der Waals surface area contributed by atoms with E-state index in [1.807, 2.05) is 32.1 Å². The van der Waals surface area contributed by atoms with E-state index in [4.69, 9.17) is 0 Å². The van der Waals surface area contributed by atoms with Gasteiger partial charge in [0.1, 0.15) is 5.82 Å². The standard InChI is InChI=1S/C17H23N5OS/c1-12-18-8-14-10-22(6-4-15(14)20-12)17(23)19-9-16(21(2)3)13-5-7-24-11-13/h5,7-8,11,16H,4,6,9-10H2,1-3H3,(H,19,23)/t16-/m0/s1. The molecule has 1 N–H and O–H groups in total. The van der Waals surface area contributed by atoms with Crippen LogP contribution in [0.2, 0.25) is 0 Å². The van der Waals surface area contributed by atoms with E-state index in [2.05, 4.69) is 37.0 Å². The first kappa shape index (κ1) is 16.9. The Kier molecular flexibility index (Phi) is 5.11. The Morgan fingerprint density at radius 2 is 2.33 bits per heavy atom. The predicted octanol–water partition coefficient (Wildman–Crippen LogP) is 2.22. The van der Waals surface area contributed by atoms with Crippen molar-refractivity contribution in [1.82, 2.24) is 25.1 Å². The van der Waals surface area contributed by atoms with Gasteiger partial charge in [-0.05, 0) is 43.4 Å². The first-order valence-corrected chi connectivity index (χ1v) is 9.01. The Balaban J connectivity index is 1.60. The lowest BCUT2D eigenvalue weighted by Crippen LogP contribution is -2.45. The summed E-state index contributed by atoms with van der Waals surface area (Å²) in [7, 11) is 4.07. The number of urea groups is 1. The summed E-state index contributed by atoms with van der Waals surface area (Å²) in [4.78, 5) is 25.2. The molecule has 3 rings (SSSR count). The molecular formula is C17H23N5OS. The Bertz CT molecular complexity index is 701. The molecule has 24 heavy (non-hydrogen) atoms. The van der Waals surface area contributed by atoms with E-state index < -0.39 is 0 Å². The molecule has 0 aromatic carbocycles. The van der Waals surface area contributed by atoms with Crippen molar-refractivity contribution in [3.05, 3.63) is 45.7 Å². The number of fused-ring (bicyclic) bond motifs is 1. The summed E-state index contributed by atoms with van der Waals surface area (Å²) in [5.41, 5.74) is 3.35. The predicted molar refractivity (Wildman–Crippen MR) is 95.0 cm³/mol. The summed E-state index contributed by atoms with van der Waals surface area (Å²) in [6, 6.07) is 2.27. The van der Waals surface area contributed by atoms with Crippen molar-refractivity contribution in [3.8, 4) is 0 Å². The number of nitrogens with zero attached hydrogens (tertiary/aromatic N) is 4. The first-order valence-electron chi connectivity index (χ1n) is 8.07. The smallest absolute Gasteiger partial charge is 0.317 e. The van der Waals surface area contributed by atoms with E-state index in [9.17, 15) is 4.79 Å². The van der Waals surface area contributed by atoms with Gasteiger partial charge < -0.3 is 15.1 Å². The second kappa shape index (κ2) is 7.27. The third-order valence-electron chi connectivity index (χ3n) is 4.34. The fourth-order valence-electron chi connectivity index (χ4n) is 2.95. The maximum absolute atomic E-state index is 12.5. The van der Waals surface area contributed by atoms with Crippen LogP contribution in [0.3, 0.4) is 0 Å². The van der Waals surface area contributed by atoms with E-state index in [1.165, 1.54) is 5.56 Å². The molecule has 0 aliphatic carbocycles. The molecule has 2 amide bonds. The van der Waals surface area contributed by atoms with Crippen LogP contribution in [0, 0.1) is 6.92 Å². The van der Waals surface area contributed by atoms with Gasteiger partial charge in [0.05, 0.1) is 18.3 Å². The number of aromatic nitrogens is 2. The van der Waals surface area contributed by atoms with Crippen molar-refractivity contribution in [1.29, 1.82) is 0 Å². The molecule has 0 saturated heterocycles. The van der Waals surface area contributed by atoms with Gasteiger partial charge in [-0.2, -0.15) is 11.3 Å². The van der Waals surface area contributed by atoms with Crippen molar-refractivity contribution < 1.29 is 4.79 Å². The zero-order chi connectivity index (χ0) is 17.1. The van der Waals surface area contributed by atoms with Crippen LogP contribution in [-0.2, 0) is 13.0 Å². The molecule has 7 heteroatoms. The number of carbonyl (C=O) groups excluding carboxylic acids is 1. The fourth-order valence-corrected chi connectivity index (χ4v) is 3.66. The highest BCUT2D eigenvalue weighted by atomic mass is 32.1. The average Bonchev–Trinajstić information content (AvgIpc) is 3.08. The number of amides is 2. The Hall–Kier alpha value is -1.99. The van der Waals surface area contributed by atoms with Crippen LogP contribution in [0.25, 0.3) is 0 Å². The SMILES string of the molecule is Cc1ncc2c(n1)CCN(C(=O)NC[C@@H](c1ccsc1)N(C)C)C2. The molecule has 1 aliphatic rings. The number of carbonyl (C=O) groups is 1. The van der Waals surface area contributed by atoms with E-state index >= 15 is 0 Å². The minimum absolute atomic E-state index is 0.0247. The summed E-state index contributed by atoms with van der Waals surface area (Å²) < 4.78 is 0. The lowest BCUT2D eigenvalue weighted by Gasteiger charge is -2.30. The number of aryl methyl sites for hydroxylation is 1. The van der Waals surface area contributed by atoms with E-state index in [0.717, 1.165) is 23.5 Å². The minimum atomic E-state index is -0.0247. The second-order valence-electron chi connectivity index (χ2n) is 6.28. The Morgan fingerprint density at radius 3 is 3.04 bits per heavy atom. The summed E-state index contributed by atoms with van der Waals surface area (Å²) in [6.07, 6.45) is 2.62. The Morgan fingerprint density at radius 1 is 1.50 bits per heavy atom. The molecule has 1 aliphatic heterocycles. The molecule has 128 valence electrons. The summed E-state index contributed by atoms with van der Waals surface area (Å²) >= 11 is 1.68. The molecule has 2 aromatic heterocycles. The van der Waals surface area contributed by atoms with Crippen LogP contribution in [0.1, 0.15) is 28.7 Å². The van der Waals surface area contributed by atoms with Crippen LogP contribution in [0.4, 0.5) is 4.79 Å². The second-order valence-corrected chi connectivity index (χ2v) is 7.06. The molecule has 1 atom stereocenters. The van der Waals surface area contributed by atoms with Gasteiger partial charge in [-0.25, -0.2) is 14.8 Å². The van der Waals surface area contributed by atoms with Gasteiger partial charge in [0, 0.05) is 31.3 Å². The zero-order valence-corrected chi connectivity index (χ0v) is 15.1. The molecule has 3 heterocycles. The molecule has 0 unspecified atom stereocenters. The highest BCUT2D eigenvalue weighted by molar-refractivity contribution is 7.07. The first-order chi connectivity index (χ1) is 11.5. The third-order valence-corrected chi connectivity index (χ3v) is 5.04.